The van der Waals surface area contributed by atoms with Crippen molar-refractivity contribution in [1.82, 2.24) is 15.0 Å². The molecule has 0 saturated carbocycles. The summed E-state index contributed by atoms with van der Waals surface area (Å²) < 4.78 is 0. The Morgan fingerprint density at radius 1 is 1.46 bits per heavy atom. The number of H-pyrrole nitrogens is 2. The van der Waals surface area contributed by atoms with Gasteiger partial charge in [0.2, 0.25) is 0 Å². The van der Waals surface area contributed by atoms with Gasteiger partial charge in [-0.1, -0.05) is 0 Å². The summed E-state index contributed by atoms with van der Waals surface area (Å²) in [6, 6.07) is 5.57. The van der Waals surface area contributed by atoms with E-state index in [1.807, 2.05) is 25.1 Å². The molecule has 0 amide bonds. The van der Waals surface area contributed by atoms with Crippen molar-refractivity contribution in [3.8, 4) is 11.4 Å². The molecule has 0 aliphatic carbocycles. The van der Waals surface area contributed by atoms with E-state index in [1.54, 1.807) is 6.20 Å². The van der Waals surface area contributed by atoms with Gasteiger partial charge in [-0.05, 0) is 25.1 Å². The molecule has 2 heterocycles. The first kappa shape index (κ1) is 7.79. The molecule has 2 aromatic heterocycles. The number of aryl methyl sites for hydroxylation is 1. The van der Waals surface area contributed by atoms with Crippen LogP contribution in [0.4, 0.5) is 0 Å². The van der Waals surface area contributed by atoms with Crippen LogP contribution in [0.2, 0.25) is 0 Å². The quantitative estimate of drug-likeness (QED) is 0.681. The molecular weight excluding hydrogens is 166 g/mol. The summed E-state index contributed by atoms with van der Waals surface area (Å²) in [4.78, 5) is 20.4. The molecule has 0 spiro atoms. The number of aromatic amines is 2. The molecule has 2 rings (SSSR count). The van der Waals surface area contributed by atoms with E-state index in [0.29, 0.717) is 5.69 Å². The standard InChI is InChI=1S/C9H9N3O/c1-6-5-8(12-9(13)11-6)7-3-2-4-10-7/h2-5,10H,1H3,(H,11,12,13). The van der Waals surface area contributed by atoms with Gasteiger partial charge in [-0.25, -0.2) is 4.79 Å². The van der Waals surface area contributed by atoms with Crippen molar-refractivity contribution < 1.29 is 0 Å². The third kappa shape index (κ3) is 1.51. The molecule has 0 bridgehead atoms. The fourth-order valence-corrected chi connectivity index (χ4v) is 1.21. The number of nitrogens with zero attached hydrogens (tertiary/aromatic N) is 1. The Morgan fingerprint density at radius 2 is 2.31 bits per heavy atom. The molecule has 4 heteroatoms. The zero-order valence-electron chi connectivity index (χ0n) is 7.16. The number of rotatable bonds is 1. The second-order valence-corrected chi connectivity index (χ2v) is 2.84. The highest BCUT2D eigenvalue weighted by molar-refractivity contribution is 5.53. The normalized spacial score (nSPS) is 10.2. The monoisotopic (exact) mass is 175 g/mol. The molecule has 13 heavy (non-hydrogen) atoms. The van der Waals surface area contributed by atoms with E-state index in [1.165, 1.54) is 0 Å². The van der Waals surface area contributed by atoms with Crippen LogP contribution >= 0.6 is 0 Å². The minimum absolute atomic E-state index is 0.315. The van der Waals surface area contributed by atoms with Crippen LogP contribution in [0.1, 0.15) is 5.69 Å². The van der Waals surface area contributed by atoms with Gasteiger partial charge in [0.15, 0.2) is 0 Å². The number of aromatic nitrogens is 3. The molecule has 66 valence electrons. The van der Waals surface area contributed by atoms with Crippen molar-refractivity contribution in [2.45, 2.75) is 6.92 Å². The number of hydrogen-bond donors (Lipinski definition) is 2. The van der Waals surface area contributed by atoms with Crippen LogP contribution in [0.15, 0.2) is 29.2 Å². The first-order chi connectivity index (χ1) is 6.25. The van der Waals surface area contributed by atoms with E-state index in [9.17, 15) is 4.79 Å². The van der Waals surface area contributed by atoms with Gasteiger partial charge < -0.3 is 9.97 Å². The van der Waals surface area contributed by atoms with E-state index < -0.39 is 0 Å². The lowest BCUT2D eigenvalue weighted by atomic mass is 10.3. The van der Waals surface area contributed by atoms with E-state index in [2.05, 4.69) is 15.0 Å². The number of hydrogen-bond acceptors (Lipinski definition) is 2. The van der Waals surface area contributed by atoms with Gasteiger partial charge in [0.05, 0.1) is 11.4 Å². The number of nitrogens with one attached hydrogen (secondary N) is 2. The van der Waals surface area contributed by atoms with Gasteiger partial charge >= 0.3 is 5.69 Å². The van der Waals surface area contributed by atoms with Crippen LogP contribution in [0.25, 0.3) is 11.4 Å². The van der Waals surface area contributed by atoms with Gasteiger partial charge in [-0.2, -0.15) is 4.98 Å². The molecule has 0 saturated heterocycles. The third-order valence-corrected chi connectivity index (χ3v) is 1.75. The highest BCUT2D eigenvalue weighted by atomic mass is 16.1. The average molecular weight is 175 g/mol. The molecule has 4 nitrogen and oxygen atoms in total. The molecule has 0 aromatic carbocycles. The Labute approximate surface area is 74.7 Å². The van der Waals surface area contributed by atoms with Crippen LogP contribution in [-0.2, 0) is 0 Å². The maximum Gasteiger partial charge on any atom is 0.345 e. The highest BCUT2D eigenvalue weighted by Gasteiger charge is 2.00. The summed E-state index contributed by atoms with van der Waals surface area (Å²) in [6.07, 6.45) is 1.80. The molecule has 0 unspecified atom stereocenters. The van der Waals surface area contributed by atoms with Crippen LogP contribution in [0.5, 0.6) is 0 Å². The Hall–Kier alpha value is -1.84. The largest absolute Gasteiger partial charge is 0.360 e. The molecule has 0 aliphatic heterocycles. The maximum absolute atomic E-state index is 11.0. The topological polar surface area (TPSA) is 61.5 Å². The Balaban J connectivity index is 2.59. The minimum atomic E-state index is -0.315. The van der Waals surface area contributed by atoms with E-state index in [4.69, 9.17) is 0 Å². The van der Waals surface area contributed by atoms with Gasteiger partial charge in [-0.3, -0.25) is 0 Å². The molecule has 2 N–H and O–H groups in total. The lowest BCUT2D eigenvalue weighted by Gasteiger charge is -1.97. The maximum atomic E-state index is 11.0. The predicted molar refractivity (Wildman–Crippen MR) is 49.4 cm³/mol. The Morgan fingerprint density at radius 3 is 2.92 bits per heavy atom. The van der Waals surface area contributed by atoms with Gasteiger partial charge in [-0.15, -0.1) is 0 Å². The van der Waals surface area contributed by atoms with E-state index in [0.717, 1.165) is 11.4 Å². The summed E-state index contributed by atoms with van der Waals surface area (Å²) >= 11 is 0. The van der Waals surface area contributed by atoms with Crippen molar-refractivity contribution in [2.24, 2.45) is 0 Å². The molecule has 0 aliphatic rings. The zero-order chi connectivity index (χ0) is 9.26. The SMILES string of the molecule is Cc1cc(-c2ccc[nH]2)nc(=O)[nH]1. The van der Waals surface area contributed by atoms with Crippen LogP contribution in [-0.4, -0.2) is 15.0 Å². The first-order valence-electron chi connectivity index (χ1n) is 3.97. The second-order valence-electron chi connectivity index (χ2n) is 2.84. The van der Waals surface area contributed by atoms with Gasteiger partial charge in [0.25, 0.3) is 0 Å². The molecule has 0 fully saturated rings. The minimum Gasteiger partial charge on any atom is -0.360 e. The van der Waals surface area contributed by atoms with Crippen LogP contribution < -0.4 is 5.69 Å². The van der Waals surface area contributed by atoms with Gasteiger partial charge in [0, 0.05) is 11.9 Å². The van der Waals surface area contributed by atoms with Crippen molar-refractivity contribution in [3.05, 3.63) is 40.6 Å². The van der Waals surface area contributed by atoms with Crippen molar-refractivity contribution in [1.29, 1.82) is 0 Å². The van der Waals surface area contributed by atoms with E-state index >= 15 is 0 Å². The average Bonchev–Trinajstić information content (AvgIpc) is 2.53. The van der Waals surface area contributed by atoms with Crippen molar-refractivity contribution in [2.75, 3.05) is 0 Å². The zero-order valence-corrected chi connectivity index (χ0v) is 7.16. The fraction of sp³-hybridized carbons (Fsp3) is 0.111. The predicted octanol–water partition coefficient (Wildman–Crippen LogP) is 1.07. The first-order valence-corrected chi connectivity index (χ1v) is 3.97. The lowest BCUT2D eigenvalue weighted by Crippen LogP contribution is -2.11. The highest BCUT2D eigenvalue weighted by Crippen LogP contribution is 2.11. The summed E-state index contributed by atoms with van der Waals surface area (Å²) in [6.45, 7) is 1.83. The second kappa shape index (κ2) is 2.90. The lowest BCUT2D eigenvalue weighted by molar-refractivity contribution is 1.03. The Kier molecular flexibility index (Phi) is 1.73. The van der Waals surface area contributed by atoms with Gasteiger partial charge in [0.1, 0.15) is 0 Å². The molecular formula is C9H9N3O. The van der Waals surface area contributed by atoms with Crippen LogP contribution in [0.3, 0.4) is 0 Å². The van der Waals surface area contributed by atoms with Crippen molar-refractivity contribution in [3.63, 3.8) is 0 Å². The molecule has 0 atom stereocenters. The summed E-state index contributed by atoms with van der Waals surface area (Å²) in [5, 5.41) is 0. The Bertz CT molecular complexity index is 456. The third-order valence-electron chi connectivity index (χ3n) is 1.75. The smallest absolute Gasteiger partial charge is 0.345 e. The van der Waals surface area contributed by atoms with E-state index in [-0.39, 0.29) is 5.69 Å². The molecule has 2 aromatic rings. The van der Waals surface area contributed by atoms with Crippen molar-refractivity contribution >= 4 is 0 Å². The molecule has 0 radical (unpaired) electrons. The van der Waals surface area contributed by atoms with Crippen LogP contribution in [0, 0.1) is 6.92 Å². The summed E-state index contributed by atoms with van der Waals surface area (Å²) in [5.41, 5.74) is 2.02. The summed E-state index contributed by atoms with van der Waals surface area (Å²) in [7, 11) is 0. The summed E-state index contributed by atoms with van der Waals surface area (Å²) in [5.74, 6) is 0. The fourth-order valence-electron chi connectivity index (χ4n) is 1.21.